The molecule has 7 nitrogen and oxygen atoms in total. The summed E-state index contributed by atoms with van der Waals surface area (Å²) in [6, 6.07) is 11.1. The first-order valence-corrected chi connectivity index (χ1v) is 10.2. The summed E-state index contributed by atoms with van der Waals surface area (Å²) in [5.74, 6) is 1.92. The molecule has 0 spiro atoms. The zero-order chi connectivity index (χ0) is 20.1. The first-order valence-electron chi connectivity index (χ1n) is 9.22. The lowest BCUT2D eigenvalue weighted by Crippen LogP contribution is -2.22. The van der Waals surface area contributed by atoms with Crippen molar-refractivity contribution >= 4 is 22.7 Å². The highest BCUT2D eigenvalue weighted by Crippen LogP contribution is 2.20. The predicted molar refractivity (Wildman–Crippen MR) is 113 cm³/mol. The van der Waals surface area contributed by atoms with Gasteiger partial charge in [0.25, 0.3) is 5.56 Å². The van der Waals surface area contributed by atoms with Crippen LogP contribution in [-0.2, 0) is 13.0 Å². The average molecular weight is 405 g/mol. The van der Waals surface area contributed by atoms with Crippen LogP contribution in [0.15, 0.2) is 75.9 Å². The lowest BCUT2D eigenvalue weighted by atomic mass is 10.2. The molecule has 146 valence electrons. The maximum atomic E-state index is 12.8. The molecule has 0 saturated carbocycles. The van der Waals surface area contributed by atoms with Crippen molar-refractivity contribution in [2.45, 2.75) is 24.5 Å². The van der Waals surface area contributed by atoms with Crippen molar-refractivity contribution in [2.24, 2.45) is 0 Å². The number of para-hydroxylation sites is 1. The van der Waals surface area contributed by atoms with Gasteiger partial charge in [-0.1, -0.05) is 35.1 Å². The van der Waals surface area contributed by atoms with Gasteiger partial charge in [0.2, 0.25) is 11.7 Å². The third-order valence-corrected chi connectivity index (χ3v) is 5.37. The van der Waals surface area contributed by atoms with Crippen molar-refractivity contribution in [3.8, 4) is 11.4 Å². The van der Waals surface area contributed by atoms with E-state index in [0.29, 0.717) is 40.7 Å². The molecular formula is C21H19N5O2S. The molecule has 4 rings (SSSR count). The molecule has 0 saturated heterocycles. The Labute approximate surface area is 171 Å². The Bertz CT molecular complexity index is 1190. The zero-order valence-corrected chi connectivity index (χ0v) is 16.5. The molecular weight excluding hydrogens is 386 g/mol. The first kappa shape index (κ1) is 19.1. The summed E-state index contributed by atoms with van der Waals surface area (Å²) in [5.41, 5.74) is 1.54. The van der Waals surface area contributed by atoms with E-state index in [1.54, 1.807) is 40.9 Å². The first-order chi connectivity index (χ1) is 14.3. The van der Waals surface area contributed by atoms with E-state index in [-0.39, 0.29) is 5.56 Å². The van der Waals surface area contributed by atoms with Crippen LogP contribution in [-0.4, -0.2) is 30.4 Å². The van der Waals surface area contributed by atoms with Gasteiger partial charge in [-0.2, -0.15) is 4.98 Å². The number of aromatic nitrogens is 5. The predicted octanol–water partition coefficient (Wildman–Crippen LogP) is 3.75. The molecule has 0 aliphatic rings. The Morgan fingerprint density at radius 3 is 2.79 bits per heavy atom. The van der Waals surface area contributed by atoms with Gasteiger partial charge in [0, 0.05) is 36.7 Å². The minimum absolute atomic E-state index is 0.0445. The number of hydrogen-bond acceptors (Lipinski definition) is 7. The number of benzene rings is 1. The maximum Gasteiger partial charge on any atom is 0.262 e. The van der Waals surface area contributed by atoms with Gasteiger partial charge in [0.05, 0.1) is 10.9 Å². The summed E-state index contributed by atoms with van der Waals surface area (Å²) in [6.45, 7) is 4.18. The fraction of sp³-hybridized carbons (Fsp3) is 0.190. The Morgan fingerprint density at radius 1 is 1.14 bits per heavy atom. The van der Waals surface area contributed by atoms with Gasteiger partial charge in [-0.3, -0.25) is 14.3 Å². The van der Waals surface area contributed by atoms with Gasteiger partial charge in [-0.05, 0) is 30.7 Å². The molecule has 0 atom stereocenters. The molecule has 0 bridgehead atoms. The van der Waals surface area contributed by atoms with Crippen LogP contribution in [0.5, 0.6) is 0 Å². The lowest BCUT2D eigenvalue weighted by Gasteiger charge is -2.11. The average Bonchev–Trinajstić information content (AvgIpc) is 3.23. The molecule has 0 radical (unpaired) electrons. The third-order valence-electron chi connectivity index (χ3n) is 4.31. The van der Waals surface area contributed by atoms with Gasteiger partial charge >= 0.3 is 0 Å². The van der Waals surface area contributed by atoms with Crippen molar-refractivity contribution in [1.82, 2.24) is 24.7 Å². The van der Waals surface area contributed by atoms with Gasteiger partial charge in [-0.25, -0.2) is 4.98 Å². The van der Waals surface area contributed by atoms with Gasteiger partial charge in [0.1, 0.15) is 0 Å². The normalized spacial score (nSPS) is 11.0. The number of nitrogens with zero attached hydrogens (tertiary/aromatic N) is 5. The Hall–Kier alpha value is -3.26. The van der Waals surface area contributed by atoms with Crippen LogP contribution in [0.2, 0.25) is 0 Å². The van der Waals surface area contributed by atoms with E-state index in [9.17, 15) is 4.79 Å². The molecule has 4 aromatic rings. The second-order valence-electron chi connectivity index (χ2n) is 6.32. The number of fused-ring (bicyclic) bond motifs is 1. The summed E-state index contributed by atoms with van der Waals surface area (Å²) < 4.78 is 7.00. The smallest absolute Gasteiger partial charge is 0.262 e. The number of hydrogen-bond donors (Lipinski definition) is 0. The molecule has 8 heteroatoms. The van der Waals surface area contributed by atoms with Crippen molar-refractivity contribution in [3.63, 3.8) is 0 Å². The molecule has 0 aliphatic carbocycles. The summed E-state index contributed by atoms with van der Waals surface area (Å²) in [7, 11) is 0. The molecule has 3 aromatic heterocycles. The molecule has 3 heterocycles. The zero-order valence-electron chi connectivity index (χ0n) is 15.7. The van der Waals surface area contributed by atoms with Crippen molar-refractivity contribution in [1.29, 1.82) is 0 Å². The largest absolute Gasteiger partial charge is 0.339 e. The van der Waals surface area contributed by atoms with E-state index in [2.05, 4.69) is 26.7 Å². The standard InChI is InChI=1S/C21H19N5O2S/c1-2-13-26-20(27)16-6-3-4-7-17(16)23-21(26)29-14-5-8-18-24-19(25-28-18)15-9-11-22-12-10-15/h2-4,6-7,9-12H,1,5,8,13-14H2. The van der Waals surface area contributed by atoms with Crippen LogP contribution < -0.4 is 5.56 Å². The van der Waals surface area contributed by atoms with Crippen molar-refractivity contribution in [2.75, 3.05) is 5.75 Å². The summed E-state index contributed by atoms with van der Waals surface area (Å²) in [5, 5.41) is 5.33. The van der Waals surface area contributed by atoms with E-state index in [0.717, 1.165) is 17.7 Å². The van der Waals surface area contributed by atoms with Crippen LogP contribution in [0.4, 0.5) is 0 Å². The van der Waals surface area contributed by atoms with Crippen LogP contribution in [0.3, 0.4) is 0 Å². The molecule has 1 aromatic carbocycles. The van der Waals surface area contributed by atoms with E-state index >= 15 is 0 Å². The third kappa shape index (κ3) is 4.27. The maximum absolute atomic E-state index is 12.8. The Balaban J connectivity index is 1.43. The fourth-order valence-corrected chi connectivity index (χ4v) is 3.86. The van der Waals surface area contributed by atoms with E-state index in [1.807, 2.05) is 30.3 Å². The molecule has 0 N–H and O–H groups in total. The quantitative estimate of drug-likeness (QED) is 0.191. The fourth-order valence-electron chi connectivity index (χ4n) is 2.91. The highest BCUT2D eigenvalue weighted by Gasteiger charge is 2.12. The molecule has 0 amide bonds. The van der Waals surface area contributed by atoms with Gasteiger partial charge in [-0.15, -0.1) is 6.58 Å². The number of allylic oxidation sites excluding steroid dienone is 1. The Kier molecular flexibility index (Phi) is 5.81. The summed E-state index contributed by atoms with van der Waals surface area (Å²) >= 11 is 1.54. The van der Waals surface area contributed by atoms with Gasteiger partial charge in [0.15, 0.2) is 5.16 Å². The SMILES string of the molecule is C=CCn1c(SCCCc2nc(-c3ccncc3)no2)nc2ccccc2c1=O. The molecule has 0 aliphatic heterocycles. The van der Waals surface area contributed by atoms with E-state index in [4.69, 9.17) is 4.52 Å². The van der Waals surface area contributed by atoms with Crippen LogP contribution in [0.25, 0.3) is 22.3 Å². The van der Waals surface area contributed by atoms with Crippen molar-refractivity contribution < 1.29 is 4.52 Å². The van der Waals surface area contributed by atoms with Crippen LogP contribution in [0.1, 0.15) is 12.3 Å². The van der Waals surface area contributed by atoms with E-state index < -0.39 is 0 Å². The molecule has 29 heavy (non-hydrogen) atoms. The highest BCUT2D eigenvalue weighted by molar-refractivity contribution is 7.99. The van der Waals surface area contributed by atoms with Crippen LogP contribution in [0, 0.1) is 0 Å². The second-order valence-corrected chi connectivity index (χ2v) is 7.38. The van der Waals surface area contributed by atoms with E-state index in [1.165, 1.54) is 0 Å². The monoisotopic (exact) mass is 405 g/mol. The number of rotatable bonds is 8. The van der Waals surface area contributed by atoms with Gasteiger partial charge < -0.3 is 4.52 Å². The summed E-state index contributed by atoms with van der Waals surface area (Å²) in [6.07, 6.45) is 6.58. The topological polar surface area (TPSA) is 86.7 Å². The minimum Gasteiger partial charge on any atom is -0.339 e. The lowest BCUT2D eigenvalue weighted by molar-refractivity contribution is 0.378. The second kappa shape index (κ2) is 8.83. The Morgan fingerprint density at radius 2 is 1.97 bits per heavy atom. The molecule has 0 fully saturated rings. The number of pyridine rings is 1. The number of thioether (sulfide) groups is 1. The number of aryl methyl sites for hydroxylation is 1. The molecule has 0 unspecified atom stereocenters. The summed E-state index contributed by atoms with van der Waals surface area (Å²) in [4.78, 5) is 25.8. The minimum atomic E-state index is -0.0445. The van der Waals surface area contributed by atoms with Crippen molar-refractivity contribution in [3.05, 3.63) is 77.7 Å². The van der Waals surface area contributed by atoms with Crippen LogP contribution >= 0.6 is 11.8 Å². The highest BCUT2D eigenvalue weighted by atomic mass is 32.2.